The molecular weight excluding hydrogens is 462 g/mol. The first kappa shape index (κ1) is 29.7. The Balaban J connectivity index is 3.21. The van der Waals surface area contributed by atoms with E-state index in [9.17, 15) is 19.2 Å². The van der Waals surface area contributed by atoms with E-state index in [1.807, 2.05) is 13.8 Å². The number of carbonyl (C=O) groups excluding carboxylic acids is 4. The minimum atomic E-state index is -1.56. The maximum Gasteiger partial charge on any atom is 0.513 e. The molecule has 0 heterocycles. The van der Waals surface area contributed by atoms with E-state index in [2.05, 4.69) is 0 Å². The number of rotatable bonds is 13. The van der Waals surface area contributed by atoms with Crippen LogP contribution in [0.25, 0.3) is 0 Å². The van der Waals surface area contributed by atoms with Crippen LogP contribution in [0, 0.1) is 0 Å². The van der Waals surface area contributed by atoms with Crippen molar-refractivity contribution in [3.05, 3.63) is 23.8 Å². The number of methoxy groups -OCH3 is 1. The fraction of sp³-hybridized carbons (Fsp3) is 0.583. The van der Waals surface area contributed by atoms with Gasteiger partial charge in [0.15, 0.2) is 11.5 Å². The molecule has 196 valence electrons. The topological polar surface area (TPSA) is 150 Å². The molecule has 1 aromatic carbocycles. The number of carbonyl (C=O) groups is 4. The summed E-state index contributed by atoms with van der Waals surface area (Å²) >= 11 is 0. The van der Waals surface area contributed by atoms with Crippen molar-refractivity contribution in [2.45, 2.75) is 71.4 Å². The lowest BCUT2D eigenvalue weighted by Crippen LogP contribution is -2.53. The zero-order valence-electron chi connectivity index (χ0n) is 20.9. The standard InChI is InChI=1S/C24H35NO10/c1-6-11-31-22(28)34-18-10-9-17(13-19(18)35-23(29)32-12-7-2)15-24(25,21(27)30-5)14-16(4)33-20(26)8-3/h9-10,13,16H,6-8,11-12,14-15,25H2,1-5H3/t16-,24?/m0/s1. The fourth-order valence-electron chi connectivity index (χ4n) is 3.09. The van der Waals surface area contributed by atoms with Gasteiger partial charge in [0.25, 0.3) is 0 Å². The van der Waals surface area contributed by atoms with Gasteiger partial charge >= 0.3 is 24.2 Å². The summed E-state index contributed by atoms with van der Waals surface area (Å²) in [6, 6.07) is 4.31. The number of hydrogen-bond acceptors (Lipinski definition) is 11. The summed E-state index contributed by atoms with van der Waals surface area (Å²) in [5.41, 5.74) is 5.28. The monoisotopic (exact) mass is 497 g/mol. The Bertz CT molecular complexity index is 872. The molecule has 0 aliphatic carbocycles. The smallest absolute Gasteiger partial charge is 0.468 e. The highest BCUT2D eigenvalue weighted by Gasteiger charge is 2.38. The average molecular weight is 498 g/mol. The normalized spacial score (nSPS) is 13.1. The van der Waals surface area contributed by atoms with Crippen molar-refractivity contribution in [3.63, 3.8) is 0 Å². The number of ether oxygens (including phenoxy) is 6. The summed E-state index contributed by atoms with van der Waals surface area (Å²) in [6.07, 6.45) is -1.37. The molecule has 0 fully saturated rings. The second kappa shape index (κ2) is 14.8. The maximum atomic E-state index is 12.5. The molecule has 2 atom stereocenters. The van der Waals surface area contributed by atoms with Crippen molar-refractivity contribution in [1.29, 1.82) is 0 Å². The lowest BCUT2D eigenvalue weighted by Gasteiger charge is -2.29. The molecule has 0 aliphatic heterocycles. The van der Waals surface area contributed by atoms with E-state index in [0.29, 0.717) is 18.4 Å². The Labute approximate surface area is 205 Å². The second-order valence-electron chi connectivity index (χ2n) is 7.86. The molecule has 1 unspecified atom stereocenters. The molecule has 2 N–H and O–H groups in total. The van der Waals surface area contributed by atoms with Gasteiger partial charge in [-0.2, -0.15) is 0 Å². The Hall–Kier alpha value is -3.34. The lowest BCUT2D eigenvalue weighted by atomic mass is 9.86. The van der Waals surface area contributed by atoms with Crippen LogP contribution < -0.4 is 15.2 Å². The molecule has 11 heteroatoms. The second-order valence-corrected chi connectivity index (χ2v) is 7.86. The van der Waals surface area contributed by atoms with Gasteiger partial charge in [-0.15, -0.1) is 0 Å². The predicted octanol–water partition coefficient (Wildman–Crippen LogP) is 3.68. The fourth-order valence-corrected chi connectivity index (χ4v) is 3.09. The van der Waals surface area contributed by atoms with Crippen molar-refractivity contribution in [1.82, 2.24) is 0 Å². The van der Waals surface area contributed by atoms with Crippen LogP contribution in [-0.4, -0.2) is 56.2 Å². The molecule has 0 aromatic heterocycles. The summed E-state index contributed by atoms with van der Waals surface area (Å²) in [6.45, 7) is 7.20. The minimum absolute atomic E-state index is 0.0261. The first-order valence-electron chi connectivity index (χ1n) is 11.5. The van der Waals surface area contributed by atoms with E-state index in [1.54, 1.807) is 19.9 Å². The van der Waals surface area contributed by atoms with Crippen molar-refractivity contribution >= 4 is 24.2 Å². The first-order valence-corrected chi connectivity index (χ1v) is 11.5. The molecule has 0 amide bonds. The molecular formula is C24H35NO10. The van der Waals surface area contributed by atoms with Crippen LogP contribution in [0.5, 0.6) is 11.5 Å². The molecule has 0 saturated heterocycles. The summed E-state index contributed by atoms with van der Waals surface area (Å²) in [7, 11) is 1.20. The Morgan fingerprint density at radius 2 is 1.51 bits per heavy atom. The van der Waals surface area contributed by atoms with E-state index in [0.717, 1.165) is 0 Å². The number of esters is 2. The highest BCUT2D eigenvalue weighted by atomic mass is 16.7. The van der Waals surface area contributed by atoms with Crippen LogP contribution in [0.1, 0.15) is 58.9 Å². The molecule has 0 saturated carbocycles. The van der Waals surface area contributed by atoms with Crippen LogP contribution in [-0.2, 0) is 35.0 Å². The van der Waals surface area contributed by atoms with Gasteiger partial charge in [0.1, 0.15) is 11.6 Å². The quantitative estimate of drug-likeness (QED) is 0.241. The molecule has 35 heavy (non-hydrogen) atoms. The summed E-state index contributed by atoms with van der Waals surface area (Å²) < 4.78 is 30.3. The van der Waals surface area contributed by atoms with Gasteiger partial charge in [0.2, 0.25) is 0 Å². The number of hydrogen-bond donors (Lipinski definition) is 1. The SMILES string of the molecule is CCCOC(=O)Oc1ccc(CC(N)(C[C@H](C)OC(=O)CC)C(=O)OC)cc1OC(=O)OCCC. The third-order valence-corrected chi connectivity index (χ3v) is 4.63. The Kier molecular flexibility index (Phi) is 12.6. The first-order chi connectivity index (χ1) is 16.6. The molecule has 0 aliphatic rings. The van der Waals surface area contributed by atoms with Gasteiger partial charge in [0, 0.05) is 19.3 Å². The highest BCUT2D eigenvalue weighted by molar-refractivity contribution is 5.81. The molecule has 1 rings (SSSR count). The molecule has 0 bridgehead atoms. The maximum absolute atomic E-state index is 12.5. The van der Waals surface area contributed by atoms with E-state index in [1.165, 1.54) is 19.2 Å². The number of nitrogens with two attached hydrogens (primary N) is 1. The van der Waals surface area contributed by atoms with Crippen LogP contribution in [0.2, 0.25) is 0 Å². The van der Waals surface area contributed by atoms with Gasteiger partial charge in [0.05, 0.1) is 20.3 Å². The molecule has 0 radical (unpaired) electrons. The van der Waals surface area contributed by atoms with E-state index >= 15 is 0 Å². The summed E-state index contributed by atoms with van der Waals surface area (Å²) in [5.74, 6) is -1.36. The van der Waals surface area contributed by atoms with Crippen LogP contribution in [0.15, 0.2) is 18.2 Å². The van der Waals surface area contributed by atoms with Crippen LogP contribution in [0.4, 0.5) is 9.59 Å². The molecule has 11 nitrogen and oxygen atoms in total. The van der Waals surface area contributed by atoms with Crippen LogP contribution >= 0.6 is 0 Å². The van der Waals surface area contributed by atoms with Gasteiger partial charge in [-0.1, -0.05) is 26.8 Å². The lowest BCUT2D eigenvalue weighted by molar-refractivity contribution is -0.154. The van der Waals surface area contributed by atoms with Crippen molar-refractivity contribution in [2.75, 3.05) is 20.3 Å². The van der Waals surface area contributed by atoms with E-state index in [-0.39, 0.29) is 44.0 Å². The summed E-state index contributed by atoms with van der Waals surface area (Å²) in [5, 5.41) is 0. The molecule has 1 aromatic rings. The number of benzene rings is 1. The largest absolute Gasteiger partial charge is 0.513 e. The van der Waals surface area contributed by atoms with E-state index in [4.69, 9.17) is 34.2 Å². The zero-order valence-corrected chi connectivity index (χ0v) is 20.9. The molecule has 0 spiro atoms. The Morgan fingerprint density at radius 3 is 2.03 bits per heavy atom. The van der Waals surface area contributed by atoms with Crippen LogP contribution in [0.3, 0.4) is 0 Å². The Morgan fingerprint density at radius 1 is 0.943 bits per heavy atom. The van der Waals surface area contributed by atoms with Crippen molar-refractivity contribution in [3.8, 4) is 11.5 Å². The average Bonchev–Trinajstić information content (AvgIpc) is 2.82. The van der Waals surface area contributed by atoms with Gasteiger partial charge in [-0.3, -0.25) is 9.59 Å². The van der Waals surface area contributed by atoms with Gasteiger partial charge < -0.3 is 34.2 Å². The van der Waals surface area contributed by atoms with Crippen molar-refractivity contribution < 1.29 is 47.6 Å². The highest BCUT2D eigenvalue weighted by Crippen LogP contribution is 2.31. The third-order valence-electron chi connectivity index (χ3n) is 4.63. The van der Waals surface area contributed by atoms with Gasteiger partial charge in [-0.05, 0) is 37.5 Å². The van der Waals surface area contributed by atoms with Gasteiger partial charge in [-0.25, -0.2) is 9.59 Å². The predicted molar refractivity (Wildman–Crippen MR) is 124 cm³/mol. The zero-order chi connectivity index (χ0) is 26.4. The van der Waals surface area contributed by atoms with Crippen molar-refractivity contribution in [2.24, 2.45) is 5.73 Å². The third kappa shape index (κ3) is 10.2. The summed E-state index contributed by atoms with van der Waals surface area (Å²) in [4.78, 5) is 48.1. The van der Waals surface area contributed by atoms with E-state index < -0.39 is 35.9 Å². The minimum Gasteiger partial charge on any atom is -0.468 e.